The molecular weight excluding hydrogens is 464 g/mol. The number of hydrogen-bond acceptors (Lipinski definition) is 8. The van der Waals surface area contributed by atoms with Crippen molar-refractivity contribution in [3.63, 3.8) is 0 Å². The second-order valence-corrected chi connectivity index (χ2v) is 8.39. The topological polar surface area (TPSA) is 102 Å². The molecule has 2 aromatic heterocycles. The van der Waals surface area contributed by atoms with Crippen LogP contribution >= 0.6 is 0 Å². The van der Waals surface area contributed by atoms with Crippen molar-refractivity contribution in [3.05, 3.63) is 70.8 Å². The van der Waals surface area contributed by atoms with Crippen LogP contribution in [0, 0.1) is 6.92 Å². The summed E-state index contributed by atoms with van der Waals surface area (Å²) in [6, 6.07) is 10.6. The van der Waals surface area contributed by atoms with Gasteiger partial charge in [0.15, 0.2) is 5.76 Å². The average molecular weight is 488 g/mol. The van der Waals surface area contributed by atoms with Gasteiger partial charge in [-0.05, 0) is 48.5 Å². The number of aromatic nitrogens is 2. The molecule has 4 aromatic rings. The number of Topliss-reactive ketones (excluding diaryl/α,β-unsaturated/α-hetero) is 1. The van der Waals surface area contributed by atoms with Gasteiger partial charge in [0.1, 0.15) is 23.0 Å². The SMILES string of the molecule is COc1ccc2c(c1)c(/C=C1\Oc3c(ccc(OC(=O)CCc4cc(OC)no4)c3C)C1=O)cn2C. The summed E-state index contributed by atoms with van der Waals surface area (Å²) in [5, 5.41) is 4.65. The molecule has 0 amide bonds. The summed E-state index contributed by atoms with van der Waals surface area (Å²) in [6.07, 6.45) is 4.06. The number of rotatable bonds is 7. The van der Waals surface area contributed by atoms with Gasteiger partial charge in [0.25, 0.3) is 5.88 Å². The van der Waals surface area contributed by atoms with Crippen LogP contribution in [0.15, 0.2) is 52.9 Å². The van der Waals surface area contributed by atoms with E-state index in [1.165, 1.54) is 7.11 Å². The summed E-state index contributed by atoms with van der Waals surface area (Å²) in [4.78, 5) is 25.5. The number of aryl methyl sites for hydroxylation is 2. The zero-order valence-electron chi connectivity index (χ0n) is 20.3. The highest BCUT2D eigenvalue weighted by Gasteiger charge is 2.31. The molecule has 0 saturated carbocycles. The fourth-order valence-electron chi connectivity index (χ4n) is 4.17. The number of benzene rings is 2. The van der Waals surface area contributed by atoms with Crippen molar-refractivity contribution in [1.29, 1.82) is 0 Å². The molecule has 0 saturated heterocycles. The first-order chi connectivity index (χ1) is 17.4. The summed E-state index contributed by atoms with van der Waals surface area (Å²) in [6.45, 7) is 1.75. The highest BCUT2D eigenvalue weighted by Crippen LogP contribution is 2.40. The Bertz CT molecular complexity index is 1530. The van der Waals surface area contributed by atoms with E-state index < -0.39 is 5.97 Å². The van der Waals surface area contributed by atoms with Crippen LogP contribution in [0.25, 0.3) is 17.0 Å². The lowest BCUT2D eigenvalue weighted by atomic mass is 10.1. The van der Waals surface area contributed by atoms with Crippen molar-refractivity contribution in [2.24, 2.45) is 7.05 Å². The van der Waals surface area contributed by atoms with Crippen LogP contribution in [-0.4, -0.2) is 35.7 Å². The molecule has 0 radical (unpaired) electrons. The Morgan fingerprint density at radius 3 is 2.72 bits per heavy atom. The van der Waals surface area contributed by atoms with E-state index >= 15 is 0 Å². The first kappa shape index (κ1) is 23.2. The maximum atomic E-state index is 13.1. The number of carbonyl (C=O) groups excluding carboxylic acids is 2. The first-order valence-corrected chi connectivity index (χ1v) is 11.3. The number of esters is 1. The monoisotopic (exact) mass is 488 g/mol. The molecule has 0 spiro atoms. The summed E-state index contributed by atoms with van der Waals surface area (Å²) < 4.78 is 28.9. The fourth-order valence-corrected chi connectivity index (χ4v) is 4.17. The third-order valence-electron chi connectivity index (χ3n) is 6.10. The third-order valence-corrected chi connectivity index (χ3v) is 6.10. The number of ketones is 1. The first-order valence-electron chi connectivity index (χ1n) is 11.3. The van der Waals surface area contributed by atoms with Gasteiger partial charge in [-0.2, -0.15) is 0 Å². The van der Waals surface area contributed by atoms with Gasteiger partial charge in [-0.1, -0.05) is 0 Å². The van der Waals surface area contributed by atoms with Crippen LogP contribution < -0.4 is 18.9 Å². The van der Waals surface area contributed by atoms with Crippen LogP contribution in [0.1, 0.15) is 33.7 Å². The molecule has 0 atom stereocenters. The van der Waals surface area contributed by atoms with Crippen molar-refractivity contribution in [1.82, 2.24) is 9.72 Å². The Morgan fingerprint density at radius 1 is 1.14 bits per heavy atom. The van der Waals surface area contributed by atoms with Gasteiger partial charge in [0.05, 0.1) is 26.2 Å². The zero-order chi connectivity index (χ0) is 25.4. The fraction of sp³-hybridized carbons (Fsp3) is 0.222. The van der Waals surface area contributed by atoms with Gasteiger partial charge in [-0.15, -0.1) is 0 Å². The molecule has 1 aliphatic heterocycles. The number of carbonyl (C=O) groups is 2. The summed E-state index contributed by atoms with van der Waals surface area (Å²) >= 11 is 0. The van der Waals surface area contributed by atoms with Gasteiger partial charge < -0.3 is 28.0 Å². The van der Waals surface area contributed by atoms with E-state index in [2.05, 4.69) is 5.16 Å². The molecule has 0 aliphatic carbocycles. The van der Waals surface area contributed by atoms with Crippen molar-refractivity contribution in [2.75, 3.05) is 14.2 Å². The minimum Gasteiger partial charge on any atom is -0.497 e. The second-order valence-electron chi connectivity index (χ2n) is 8.39. The molecule has 0 fully saturated rings. The van der Waals surface area contributed by atoms with E-state index in [4.69, 9.17) is 23.5 Å². The van der Waals surface area contributed by atoms with Crippen LogP contribution in [0.2, 0.25) is 0 Å². The summed E-state index contributed by atoms with van der Waals surface area (Å²) in [7, 11) is 5.03. The second kappa shape index (κ2) is 9.26. The molecule has 184 valence electrons. The van der Waals surface area contributed by atoms with Crippen molar-refractivity contribution in [2.45, 2.75) is 19.8 Å². The van der Waals surface area contributed by atoms with Gasteiger partial charge in [0, 0.05) is 47.8 Å². The maximum Gasteiger partial charge on any atom is 0.311 e. The largest absolute Gasteiger partial charge is 0.497 e. The lowest BCUT2D eigenvalue weighted by molar-refractivity contribution is -0.134. The van der Waals surface area contributed by atoms with Crippen LogP contribution in [-0.2, 0) is 18.3 Å². The maximum absolute atomic E-state index is 13.1. The average Bonchev–Trinajstić information content (AvgIpc) is 3.56. The molecule has 2 aromatic carbocycles. The molecule has 9 nitrogen and oxygen atoms in total. The van der Waals surface area contributed by atoms with Crippen LogP contribution in [0.5, 0.6) is 23.1 Å². The Morgan fingerprint density at radius 2 is 1.97 bits per heavy atom. The predicted molar refractivity (Wildman–Crippen MR) is 131 cm³/mol. The number of fused-ring (bicyclic) bond motifs is 2. The number of hydrogen-bond donors (Lipinski definition) is 0. The summed E-state index contributed by atoms with van der Waals surface area (Å²) in [5.74, 6) is 1.83. The molecule has 36 heavy (non-hydrogen) atoms. The number of nitrogens with zero attached hydrogens (tertiary/aromatic N) is 2. The van der Waals surface area contributed by atoms with E-state index in [0.29, 0.717) is 40.7 Å². The Labute approximate surface area is 206 Å². The zero-order valence-corrected chi connectivity index (χ0v) is 20.3. The molecular formula is C27H24N2O7. The van der Waals surface area contributed by atoms with Crippen molar-refractivity contribution < 1.29 is 33.1 Å². The van der Waals surface area contributed by atoms with Gasteiger partial charge >= 0.3 is 5.97 Å². The molecule has 0 N–H and O–H groups in total. The lowest BCUT2D eigenvalue weighted by Crippen LogP contribution is -2.10. The predicted octanol–water partition coefficient (Wildman–Crippen LogP) is 4.65. The minimum atomic E-state index is -0.446. The van der Waals surface area contributed by atoms with Gasteiger partial charge in [0.2, 0.25) is 5.78 Å². The van der Waals surface area contributed by atoms with Crippen molar-refractivity contribution >= 4 is 28.7 Å². The lowest BCUT2D eigenvalue weighted by Gasteiger charge is -2.09. The molecule has 9 heteroatoms. The quantitative estimate of drug-likeness (QED) is 0.211. The Balaban J connectivity index is 1.35. The van der Waals surface area contributed by atoms with E-state index in [1.807, 2.05) is 36.0 Å². The highest BCUT2D eigenvalue weighted by molar-refractivity contribution is 6.15. The van der Waals surface area contributed by atoms with E-state index in [9.17, 15) is 9.59 Å². The van der Waals surface area contributed by atoms with Gasteiger partial charge in [-0.3, -0.25) is 9.59 Å². The van der Waals surface area contributed by atoms with E-state index in [-0.39, 0.29) is 18.0 Å². The minimum absolute atomic E-state index is 0.0877. The molecule has 0 unspecified atom stereocenters. The third kappa shape index (κ3) is 4.19. The summed E-state index contributed by atoms with van der Waals surface area (Å²) in [5.41, 5.74) is 2.82. The van der Waals surface area contributed by atoms with Gasteiger partial charge in [-0.25, -0.2) is 0 Å². The molecule has 1 aliphatic rings. The van der Waals surface area contributed by atoms with Crippen LogP contribution in [0.4, 0.5) is 0 Å². The molecule has 0 bridgehead atoms. The van der Waals surface area contributed by atoms with E-state index in [1.54, 1.807) is 38.3 Å². The molecule has 5 rings (SSSR count). The highest BCUT2D eigenvalue weighted by atomic mass is 16.5. The van der Waals surface area contributed by atoms with Crippen molar-refractivity contribution in [3.8, 4) is 23.1 Å². The Kier molecular flexibility index (Phi) is 5.97. The smallest absolute Gasteiger partial charge is 0.311 e. The van der Waals surface area contributed by atoms with E-state index in [0.717, 1.165) is 22.2 Å². The normalized spacial score (nSPS) is 13.7. The number of ether oxygens (including phenoxy) is 4. The number of methoxy groups -OCH3 is 2. The standard InChI is InChI=1S/C27H24N2O7/c1-15-22(34-25(30)10-6-18-13-24(33-4)28-36-18)9-7-19-26(31)23(35-27(15)19)11-16-14-29(2)21-8-5-17(32-3)12-20(16)21/h5,7-9,11-14H,6,10H2,1-4H3/b23-11-. The number of allylic oxidation sites excluding steroid dienone is 1. The molecule has 3 heterocycles. The van der Waals surface area contributed by atoms with Crippen LogP contribution in [0.3, 0.4) is 0 Å². The Hall–Kier alpha value is -4.53.